The Morgan fingerprint density at radius 3 is 2.48 bits per heavy atom. The maximum absolute atomic E-state index is 12.4. The zero-order valence-electron chi connectivity index (χ0n) is 12.8. The Balaban J connectivity index is 2.86. The number of rotatable bonds is 7. The first kappa shape index (κ1) is 17.7. The Hall–Kier alpha value is -1.40. The van der Waals surface area contributed by atoms with Crippen LogP contribution in [-0.4, -0.2) is 50.8 Å². The third-order valence-corrected chi connectivity index (χ3v) is 4.48. The number of aliphatic hydroxyl groups is 1. The SMILES string of the molecule is Cc1ccc(S(C)(=O)=O)cc1C(=O)N(C)CCCCCO. The molecule has 0 heterocycles. The first-order valence-corrected chi connectivity index (χ1v) is 8.83. The van der Waals surface area contributed by atoms with Gasteiger partial charge < -0.3 is 10.0 Å². The van der Waals surface area contributed by atoms with Gasteiger partial charge in [0, 0.05) is 32.0 Å². The van der Waals surface area contributed by atoms with E-state index < -0.39 is 9.84 Å². The number of unbranched alkanes of at least 4 members (excludes halogenated alkanes) is 2. The molecule has 0 bridgehead atoms. The van der Waals surface area contributed by atoms with Gasteiger partial charge in [-0.1, -0.05) is 6.07 Å². The number of hydrogen-bond acceptors (Lipinski definition) is 4. The molecule has 0 saturated heterocycles. The first-order valence-electron chi connectivity index (χ1n) is 6.94. The number of hydrogen-bond donors (Lipinski definition) is 1. The minimum atomic E-state index is -3.32. The lowest BCUT2D eigenvalue weighted by atomic mass is 10.1. The van der Waals surface area contributed by atoms with Crippen molar-refractivity contribution in [3.8, 4) is 0 Å². The van der Waals surface area contributed by atoms with Gasteiger partial charge >= 0.3 is 0 Å². The van der Waals surface area contributed by atoms with Crippen molar-refractivity contribution in [2.45, 2.75) is 31.1 Å². The molecule has 0 fully saturated rings. The van der Waals surface area contributed by atoms with Crippen LogP contribution in [0.4, 0.5) is 0 Å². The zero-order valence-corrected chi connectivity index (χ0v) is 13.6. The predicted molar refractivity (Wildman–Crippen MR) is 82.2 cm³/mol. The molecule has 118 valence electrons. The summed E-state index contributed by atoms with van der Waals surface area (Å²) in [6, 6.07) is 4.61. The molecule has 1 aromatic rings. The van der Waals surface area contributed by atoms with E-state index in [1.54, 1.807) is 24.9 Å². The summed E-state index contributed by atoms with van der Waals surface area (Å²) in [5.41, 5.74) is 1.18. The lowest BCUT2D eigenvalue weighted by Crippen LogP contribution is -2.28. The number of carbonyl (C=O) groups excluding carboxylic acids is 1. The number of sulfone groups is 1. The molecule has 0 atom stereocenters. The summed E-state index contributed by atoms with van der Waals surface area (Å²) in [6.07, 6.45) is 3.53. The fourth-order valence-electron chi connectivity index (χ4n) is 2.01. The lowest BCUT2D eigenvalue weighted by Gasteiger charge is -2.18. The molecule has 0 saturated carbocycles. The van der Waals surface area contributed by atoms with Crippen LogP contribution in [0.25, 0.3) is 0 Å². The van der Waals surface area contributed by atoms with E-state index in [2.05, 4.69) is 0 Å². The molecule has 0 unspecified atom stereocenters. The average Bonchev–Trinajstić information content (AvgIpc) is 2.42. The summed E-state index contributed by atoms with van der Waals surface area (Å²) < 4.78 is 23.2. The van der Waals surface area contributed by atoms with Gasteiger partial charge in [0.15, 0.2) is 9.84 Å². The normalized spacial score (nSPS) is 11.4. The van der Waals surface area contributed by atoms with Crippen molar-refractivity contribution in [1.82, 2.24) is 4.90 Å². The lowest BCUT2D eigenvalue weighted by molar-refractivity contribution is 0.0791. The van der Waals surface area contributed by atoms with Gasteiger partial charge in [-0.3, -0.25) is 4.79 Å². The molecule has 0 aliphatic carbocycles. The van der Waals surface area contributed by atoms with Crippen molar-refractivity contribution in [1.29, 1.82) is 0 Å². The predicted octanol–water partition coefficient (Wildman–Crippen LogP) is 1.63. The molecule has 21 heavy (non-hydrogen) atoms. The van der Waals surface area contributed by atoms with Crippen molar-refractivity contribution in [3.63, 3.8) is 0 Å². The van der Waals surface area contributed by atoms with E-state index >= 15 is 0 Å². The molecule has 1 N–H and O–H groups in total. The number of nitrogens with zero attached hydrogens (tertiary/aromatic N) is 1. The molecule has 0 aliphatic heterocycles. The van der Waals surface area contributed by atoms with Gasteiger partial charge in [0.25, 0.3) is 5.91 Å². The van der Waals surface area contributed by atoms with Crippen LogP contribution in [0.15, 0.2) is 23.1 Å². The molecule has 0 aliphatic rings. The molecule has 1 aromatic carbocycles. The Bertz CT molecular complexity index is 596. The number of carbonyl (C=O) groups is 1. The Labute approximate surface area is 126 Å². The van der Waals surface area contributed by atoms with Crippen molar-refractivity contribution in [3.05, 3.63) is 29.3 Å². The summed E-state index contributed by atoms with van der Waals surface area (Å²) in [5.74, 6) is -0.179. The van der Waals surface area contributed by atoms with Crippen LogP contribution in [0, 0.1) is 6.92 Å². The van der Waals surface area contributed by atoms with Gasteiger partial charge in [-0.15, -0.1) is 0 Å². The highest BCUT2D eigenvalue weighted by molar-refractivity contribution is 7.90. The highest BCUT2D eigenvalue weighted by atomic mass is 32.2. The monoisotopic (exact) mass is 313 g/mol. The minimum Gasteiger partial charge on any atom is -0.396 e. The van der Waals surface area contributed by atoms with E-state index in [0.717, 1.165) is 31.1 Å². The van der Waals surface area contributed by atoms with E-state index in [9.17, 15) is 13.2 Å². The van der Waals surface area contributed by atoms with Crippen molar-refractivity contribution in [2.75, 3.05) is 26.5 Å². The smallest absolute Gasteiger partial charge is 0.253 e. The molecular formula is C15H23NO4S. The van der Waals surface area contributed by atoms with Gasteiger partial charge in [0.05, 0.1) is 4.90 Å². The summed E-state index contributed by atoms with van der Waals surface area (Å²) in [4.78, 5) is 14.1. The fraction of sp³-hybridized carbons (Fsp3) is 0.533. The number of aryl methyl sites for hydroxylation is 1. The zero-order chi connectivity index (χ0) is 16.0. The molecule has 0 spiro atoms. The van der Waals surface area contributed by atoms with Crippen molar-refractivity contribution >= 4 is 15.7 Å². The largest absolute Gasteiger partial charge is 0.396 e. The van der Waals surface area contributed by atoms with Gasteiger partial charge in [-0.25, -0.2) is 8.42 Å². The fourth-order valence-corrected chi connectivity index (χ4v) is 2.65. The molecule has 5 nitrogen and oxygen atoms in total. The summed E-state index contributed by atoms with van der Waals surface area (Å²) >= 11 is 0. The molecule has 6 heteroatoms. The van der Waals surface area contributed by atoms with Crippen LogP contribution in [0.1, 0.15) is 35.2 Å². The van der Waals surface area contributed by atoms with Crippen LogP contribution in [-0.2, 0) is 9.84 Å². The van der Waals surface area contributed by atoms with Crippen molar-refractivity contribution < 1.29 is 18.3 Å². The van der Waals surface area contributed by atoms with Gasteiger partial charge in [-0.05, 0) is 43.9 Å². The van der Waals surface area contributed by atoms with Gasteiger partial charge in [0.2, 0.25) is 0 Å². The Morgan fingerprint density at radius 2 is 1.90 bits per heavy atom. The Kier molecular flexibility index (Phi) is 6.36. The van der Waals surface area contributed by atoms with E-state index in [4.69, 9.17) is 5.11 Å². The topological polar surface area (TPSA) is 74.7 Å². The maximum atomic E-state index is 12.4. The minimum absolute atomic E-state index is 0.158. The third kappa shape index (κ3) is 5.13. The van der Waals surface area contributed by atoms with E-state index in [-0.39, 0.29) is 17.4 Å². The number of aliphatic hydroxyl groups excluding tert-OH is 1. The second-order valence-electron chi connectivity index (χ2n) is 5.26. The summed E-state index contributed by atoms with van der Waals surface area (Å²) in [6.45, 7) is 2.54. The van der Waals surface area contributed by atoms with Crippen LogP contribution in [0.2, 0.25) is 0 Å². The highest BCUT2D eigenvalue weighted by Crippen LogP contribution is 2.17. The standard InChI is InChI=1S/C15H23NO4S/c1-12-7-8-13(21(3,19)20)11-14(12)15(18)16(2)9-5-4-6-10-17/h7-8,11,17H,4-6,9-10H2,1-3H3. The van der Waals surface area contributed by atoms with Gasteiger partial charge in [-0.2, -0.15) is 0 Å². The average molecular weight is 313 g/mol. The maximum Gasteiger partial charge on any atom is 0.253 e. The first-order chi connectivity index (χ1) is 9.77. The molecule has 0 aromatic heterocycles. The second kappa shape index (κ2) is 7.56. The van der Waals surface area contributed by atoms with Crippen LogP contribution >= 0.6 is 0 Å². The Morgan fingerprint density at radius 1 is 1.24 bits per heavy atom. The van der Waals surface area contributed by atoms with E-state index in [1.165, 1.54) is 12.1 Å². The van der Waals surface area contributed by atoms with E-state index in [0.29, 0.717) is 12.1 Å². The van der Waals surface area contributed by atoms with E-state index in [1.807, 2.05) is 0 Å². The summed E-state index contributed by atoms with van der Waals surface area (Å²) in [7, 11) is -1.62. The number of benzene rings is 1. The molecular weight excluding hydrogens is 290 g/mol. The van der Waals surface area contributed by atoms with Crippen molar-refractivity contribution in [2.24, 2.45) is 0 Å². The summed E-state index contributed by atoms with van der Waals surface area (Å²) in [5, 5.41) is 8.72. The van der Waals surface area contributed by atoms with Crippen LogP contribution in [0.3, 0.4) is 0 Å². The number of amides is 1. The van der Waals surface area contributed by atoms with Crippen LogP contribution in [0.5, 0.6) is 0 Å². The molecule has 1 rings (SSSR count). The molecule has 0 radical (unpaired) electrons. The highest BCUT2D eigenvalue weighted by Gasteiger charge is 2.17. The van der Waals surface area contributed by atoms with Gasteiger partial charge in [0.1, 0.15) is 0 Å². The second-order valence-corrected chi connectivity index (χ2v) is 7.28. The quantitative estimate of drug-likeness (QED) is 0.776. The van der Waals surface area contributed by atoms with Crippen LogP contribution < -0.4 is 0 Å². The molecule has 1 amide bonds. The third-order valence-electron chi connectivity index (χ3n) is 3.37.